The van der Waals surface area contributed by atoms with Crippen molar-refractivity contribution in [1.82, 2.24) is 9.97 Å². The fourth-order valence-corrected chi connectivity index (χ4v) is 2.81. The molecule has 0 saturated heterocycles. The number of nitrogen functional groups attached to an aromatic ring is 1. The van der Waals surface area contributed by atoms with Gasteiger partial charge in [-0.2, -0.15) is 8.42 Å². The lowest BCUT2D eigenvalue weighted by atomic mass is 10.1. The lowest BCUT2D eigenvalue weighted by molar-refractivity contribution is 0.598. The van der Waals surface area contributed by atoms with Gasteiger partial charge in [-0.05, 0) is 37.1 Å². The van der Waals surface area contributed by atoms with Crippen molar-refractivity contribution in [2.24, 2.45) is 0 Å². The Labute approximate surface area is 118 Å². The van der Waals surface area contributed by atoms with Crippen molar-refractivity contribution in [3.05, 3.63) is 35.3 Å². The SMILES string of the molecule is CCc1ncc(S(=O)(=O)Nc2cc(C)c(C)cc2N)[nH]1. The van der Waals surface area contributed by atoms with E-state index in [1.807, 2.05) is 20.8 Å². The Morgan fingerprint density at radius 2 is 1.95 bits per heavy atom. The number of imidazole rings is 1. The minimum absolute atomic E-state index is 0.0342. The number of rotatable bonds is 4. The van der Waals surface area contributed by atoms with Crippen molar-refractivity contribution in [2.45, 2.75) is 32.2 Å². The number of H-pyrrole nitrogens is 1. The Balaban J connectivity index is 2.35. The van der Waals surface area contributed by atoms with Gasteiger partial charge in [-0.15, -0.1) is 0 Å². The maximum Gasteiger partial charge on any atom is 0.279 e. The van der Waals surface area contributed by atoms with Gasteiger partial charge in [0.2, 0.25) is 0 Å². The molecule has 1 heterocycles. The number of hydrogen-bond donors (Lipinski definition) is 3. The molecule has 0 radical (unpaired) electrons. The molecule has 6 nitrogen and oxygen atoms in total. The summed E-state index contributed by atoms with van der Waals surface area (Å²) in [5, 5.41) is 0.0342. The van der Waals surface area contributed by atoms with E-state index in [4.69, 9.17) is 5.73 Å². The summed E-state index contributed by atoms with van der Waals surface area (Å²) < 4.78 is 27.0. The van der Waals surface area contributed by atoms with Gasteiger partial charge >= 0.3 is 0 Å². The standard InChI is InChI=1S/C13H18N4O2S/c1-4-12-15-7-13(16-12)20(18,19)17-11-6-9(3)8(2)5-10(11)14/h5-7,17H,4,14H2,1-3H3,(H,15,16). The summed E-state index contributed by atoms with van der Waals surface area (Å²) in [6.07, 6.45) is 1.94. The van der Waals surface area contributed by atoms with E-state index >= 15 is 0 Å². The molecule has 7 heteroatoms. The van der Waals surface area contributed by atoms with Gasteiger partial charge in [-0.3, -0.25) is 4.72 Å². The predicted molar refractivity (Wildman–Crippen MR) is 79.1 cm³/mol. The fourth-order valence-electron chi connectivity index (χ4n) is 1.79. The van der Waals surface area contributed by atoms with Crippen LogP contribution in [0.5, 0.6) is 0 Å². The molecule has 0 aliphatic rings. The normalized spacial score (nSPS) is 11.6. The summed E-state index contributed by atoms with van der Waals surface area (Å²) in [7, 11) is -3.70. The number of nitrogens with zero attached hydrogens (tertiary/aromatic N) is 1. The van der Waals surface area contributed by atoms with Crippen molar-refractivity contribution >= 4 is 21.4 Å². The summed E-state index contributed by atoms with van der Waals surface area (Å²) in [6.45, 7) is 5.72. The molecule has 0 aliphatic carbocycles. The summed E-state index contributed by atoms with van der Waals surface area (Å²) in [4.78, 5) is 6.76. The predicted octanol–water partition coefficient (Wildman–Crippen LogP) is 1.97. The van der Waals surface area contributed by atoms with E-state index in [9.17, 15) is 8.42 Å². The Bertz CT molecular complexity index is 735. The number of aromatic nitrogens is 2. The molecule has 0 fully saturated rings. The lowest BCUT2D eigenvalue weighted by Gasteiger charge is -2.11. The smallest absolute Gasteiger partial charge is 0.279 e. The molecule has 0 spiro atoms. The average Bonchev–Trinajstić information content (AvgIpc) is 2.85. The highest BCUT2D eigenvalue weighted by Crippen LogP contribution is 2.25. The zero-order valence-electron chi connectivity index (χ0n) is 11.7. The Morgan fingerprint density at radius 3 is 2.55 bits per heavy atom. The molecule has 0 atom stereocenters. The molecule has 4 N–H and O–H groups in total. The number of hydrogen-bond acceptors (Lipinski definition) is 4. The van der Waals surface area contributed by atoms with E-state index in [0.717, 1.165) is 11.1 Å². The third-order valence-corrected chi connectivity index (χ3v) is 4.41. The van der Waals surface area contributed by atoms with Gasteiger partial charge in [0.15, 0.2) is 5.03 Å². The summed E-state index contributed by atoms with van der Waals surface area (Å²) in [6, 6.07) is 3.47. The van der Waals surface area contributed by atoms with E-state index in [1.54, 1.807) is 12.1 Å². The molecular weight excluding hydrogens is 276 g/mol. The lowest BCUT2D eigenvalue weighted by Crippen LogP contribution is -2.15. The Morgan fingerprint density at radius 1 is 1.30 bits per heavy atom. The van der Waals surface area contributed by atoms with Crippen LogP contribution in [-0.4, -0.2) is 18.4 Å². The van der Waals surface area contributed by atoms with Crippen LogP contribution in [0.15, 0.2) is 23.4 Å². The van der Waals surface area contributed by atoms with E-state index in [0.29, 0.717) is 23.6 Å². The molecule has 0 aliphatic heterocycles. The molecule has 1 aromatic heterocycles. The van der Waals surface area contributed by atoms with Crippen molar-refractivity contribution in [3.8, 4) is 0 Å². The van der Waals surface area contributed by atoms with E-state index in [1.165, 1.54) is 6.20 Å². The second-order valence-corrected chi connectivity index (χ2v) is 6.33. The Kier molecular flexibility index (Phi) is 3.71. The van der Waals surface area contributed by atoms with Crippen LogP contribution in [0.3, 0.4) is 0 Å². The number of aryl methyl sites for hydroxylation is 3. The van der Waals surface area contributed by atoms with Crippen molar-refractivity contribution in [1.29, 1.82) is 0 Å². The van der Waals surface area contributed by atoms with Gasteiger partial charge in [-0.1, -0.05) is 6.92 Å². The number of sulfonamides is 1. The van der Waals surface area contributed by atoms with Crippen molar-refractivity contribution in [2.75, 3.05) is 10.5 Å². The summed E-state index contributed by atoms with van der Waals surface area (Å²) in [5.41, 5.74) is 8.61. The second-order valence-electron chi connectivity index (χ2n) is 4.68. The van der Waals surface area contributed by atoms with E-state index < -0.39 is 10.0 Å². The third-order valence-electron chi connectivity index (χ3n) is 3.14. The van der Waals surface area contributed by atoms with Gasteiger partial charge in [0, 0.05) is 6.42 Å². The molecule has 1 aromatic carbocycles. The number of nitrogens with one attached hydrogen (secondary N) is 2. The van der Waals surface area contributed by atoms with Crippen LogP contribution >= 0.6 is 0 Å². The maximum absolute atomic E-state index is 12.2. The monoisotopic (exact) mass is 294 g/mol. The number of aromatic amines is 1. The number of anilines is 2. The van der Waals surface area contributed by atoms with Crippen LogP contribution in [0.25, 0.3) is 0 Å². The fraction of sp³-hybridized carbons (Fsp3) is 0.308. The first-order valence-electron chi connectivity index (χ1n) is 6.27. The van der Waals surface area contributed by atoms with E-state index in [2.05, 4.69) is 14.7 Å². The minimum Gasteiger partial charge on any atom is -0.397 e. The summed E-state index contributed by atoms with van der Waals surface area (Å²) in [5.74, 6) is 0.624. The van der Waals surface area contributed by atoms with Crippen LogP contribution < -0.4 is 10.5 Å². The second kappa shape index (κ2) is 5.16. The summed E-state index contributed by atoms with van der Waals surface area (Å²) >= 11 is 0. The molecule has 2 aromatic rings. The van der Waals surface area contributed by atoms with Crippen LogP contribution in [0.4, 0.5) is 11.4 Å². The first-order chi connectivity index (χ1) is 9.33. The molecular formula is C13H18N4O2S. The van der Waals surface area contributed by atoms with Crippen LogP contribution in [-0.2, 0) is 16.4 Å². The number of nitrogens with two attached hydrogens (primary N) is 1. The topological polar surface area (TPSA) is 101 Å². The molecule has 20 heavy (non-hydrogen) atoms. The molecule has 108 valence electrons. The van der Waals surface area contributed by atoms with Crippen molar-refractivity contribution in [3.63, 3.8) is 0 Å². The van der Waals surface area contributed by atoms with Crippen LogP contribution in [0.1, 0.15) is 23.9 Å². The van der Waals surface area contributed by atoms with Gasteiger partial charge < -0.3 is 10.7 Å². The molecule has 2 rings (SSSR count). The highest BCUT2D eigenvalue weighted by Gasteiger charge is 2.18. The quantitative estimate of drug-likeness (QED) is 0.750. The van der Waals surface area contributed by atoms with Gasteiger partial charge in [0.25, 0.3) is 10.0 Å². The first-order valence-corrected chi connectivity index (χ1v) is 7.75. The van der Waals surface area contributed by atoms with Crippen molar-refractivity contribution < 1.29 is 8.42 Å². The highest BCUT2D eigenvalue weighted by molar-refractivity contribution is 7.92. The van der Waals surface area contributed by atoms with Gasteiger partial charge in [0.1, 0.15) is 5.82 Å². The van der Waals surface area contributed by atoms with Gasteiger partial charge in [0.05, 0.1) is 17.6 Å². The van der Waals surface area contributed by atoms with Gasteiger partial charge in [-0.25, -0.2) is 4.98 Å². The largest absolute Gasteiger partial charge is 0.397 e. The molecule has 0 saturated carbocycles. The molecule has 0 unspecified atom stereocenters. The molecule has 0 amide bonds. The average molecular weight is 294 g/mol. The molecule has 0 bridgehead atoms. The Hall–Kier alpha value is -2.02. The minimum atomic E-state index is -3.70. The highest BCUT2D eigenvalue weighted by atomic mass is 32.2. The number of benzene rings is 1. The zero-order valence-corrected chi connectivity index (χ0v) is 12.5. The third kappa shape index (κ3) is 2.77. The van der Waals surface area contributed by atoms with Crippen LogP contribution in [0, 0.1) is 13.8 Å². The van der Waals surface area contributed by atoms with Crippen LogP contribution in [0.2, 0.25) is 0 Å². The van der Waals surface area contributed by atoms with E-state index in [-0.39, 0.29) is 5.03 Å². The zero-order chi connectivity index (χ0) is 14.9. The first kappa shape index (κ1) is 14.4. The maximum atomic E-state index is 12.2.